The van der Waals surface area contributed by atoms with E-state index >= 15 is 0 Å². The van der Waals surface area contributed by atoms with E-state index in [4.69, 9.17) is 18.3 Å². The number of ketones is 1. The van der Waals surface area contributed by atoms with Crippen molar-refractivity contribution in [2.75, 3.05) is 13.6 Å². The van der Waals surface area contributed by atoms with Crippen molar-refractivity contribution in [2.24, 2.45) is 0 Å². The van der Waals surface area contributed by atoms with Crippen LogP contribution >= 0.6 is 27.3 Å². The molecule has 1 aliphatic heterocycles. The lowest BCUT2D eigenvalue weighted by molar-refractivity contribution is -0.235. The SMILES string of the molecule is [2H]C([2H])([2H])OC1[C@H]([C@H](OCc2ccc(Br)cc2)C(=O)c2ccsc2)OC(CO)[C@H](O)[C@@H]1n1cc(-c2cc(F)c(F)c(F)c2)nn1. The molecule has 14 heteroatoms. The van der Waals surface area contributed by atoms with Gasteiger partial charge in [0.05, 0.1) is 23.5 Å². The third kappa shape index (κ3) is 6.20. The molecule has 3 heterocycles. The van der Waals surface area contributed by atoms with Gasteiger partial charge in [-0.15, -0.1) is 5.10 Å². The van der Waals surface area contributed by atoms with Crippen molar-refractivity contribution in [1.82, 2.24) is 15.0 Å². The average molecular weight is 672 g/mol. The lowest BCUT2D eigenvalue weighted by Gasteiger charge is -2.45. The topological polar surface area (TPSA) is 116 Å². The smallest absolute Gasteiger partial charge is 0.195 e. The molecule has 2 N–H and O–H groups in total. The van der Waals surface area contributed by atoms with Crippen molar-refractivity contribution in [3.8, 4) is 11.3 Å². The summed E-state index contributed by atoms with van der Waals surface area (Å²) in [6.07, 6.45) is -6.67. The van der Waals surface area contributed by atoms with Crippen molar-refractivity contribution in [1.29, 1.82) is 0 Å². The molecule has 2 aromatic carbocycles. The van der Waals surface area contributed by atoms with Gasteiger partial charge in [0.25, 0.3) is 0 Å². The first kappa shape index (κ1) is 26.6. The number of carbonyl (C=O) groups excluding carboxylic acids is 1. The Morgan fingerprint density at radius 1 is 1.24 bits per heavy atom. The third-order valence-corrected chi connectivity index (χ3v) is 8.05. The van der Waals surface area contributed by atoms with Gasteiger partial charge in [0.2, 0.25) is 0 Å². The van der Waals surface area contributed by atoms with E-state index in [1.54, 1.807) is 41.1 Å². The molecule has 0 radical (unpaired) electrons. The molecule has 0 saturated carbocycles. The van der Waals surface area contributed by atoms with Crippen molar-refractivity contribution in [3.05, 3.63) is 92.5 Å². The lowest BCUT2D eigenvalue weighted by Crippen LogP contribution is -2.61. The monoisotopic (exact) mass is 670 g/mol. The summed E-state index contributed by atoms with van der Waals surface area (Å²) in [6, 6.07) is 8.47. The minimum atomic E-state index is -3.09. The molecule has 4 aromatic rings. The molecule has 1 aliphatic rings. The van der Waals surface area contributed by atoms with Gasteiger partial charge in [-0.1, -0.05) is 33.3 Å². The number of ether oxygens (including phenoxy) is 3. The van der Waals surface area contributed by atoms with Gasteiger partial charge >= 0.3 is 0 Å². The van der Waals surface area contributed by atoms with Crippen LogP contribution in [-0.2, 0) is 20.8 Å². The van der Waals surface area contributed by atoms with E-state index in [2.05, 4.69) is 26.2 Å². The number of aliphatic hydroxyl groups is 2. The zero-order valence-corrected chi connectivity index (χ0v) is 23.8. The van der Waals surface area contributed by atoms with Crippen LogP contribution in [0.5, 0.6) is 0 Å². The zero-order valence-electron chi connectivity index (χ0n) is 24.4. The molecule has 2 aromatic heterocycles. The second-order valence-corrected chi connectivity index (χ2v) is 11.2. The lowest BCUT2D eigenvalue weighted by atomic mass is 9.87. The number of halogens is 4. The van der Waals surface area contributed by atoms with Gasteiger partial charge < -0.3 is 24.4 Å². The zero-order chi connectivity index (χ0) is 32.5. The Labute approximate surface area is 254 Å². The number of carbonyl (C=O) groups is 1. The number of methoxy groups -OCH3 is 1. The molecule has 0 spiro atoms. The first-order valence-electron chi connectivity index (χ1n) is 14.0. The molecule has 1 saturated heterocycles. The molecule has 222 valence electrons. The fourth-order valence-electron chi connectivity index (χ4n) is 4.72. The molecule has 9 nitrogen and oxygen atoms in total. The summed E-state index contributed by atoms with van der Waals surface area (Å²) in [4.78, 5) is 13.8. The maximum absolute atomic E-state index is 14.0. The normalized spacial score (nSPS) is 24.5. The second kappa shape index (κ2) is 13.1. The Kier molecular flexibility index (Phi) is 8.32. The average Bonchev–Trinajstić information content (AvgIpc) is 3.70. The van der Waals surface area contributed by atoms with E-state index < -0.39 is 73.4 Å². The van der Waals surface area contributed by atoms with Crippen molar-refractivity contribution in [2.45, 2.75) is 43.2 Å². The van der Waals surface area contributed by atoms with Crippen LogP contribution in [0.4, 0.5) is 13.2 Å². The summed E-state index contributed by atoms with van der Waals surface area (Å²) in [6.45, 7) is -0.878. The molecule has 6 atom stereocenters. The Bertz CT molecular complexity index is 1610. The number of thiophene rings is 1. The standard InChI is InChI=1S/C28H25BrF3N3O6S/c1-39-26-23(35-10-20(33-34-35)16-8-18(30)22(32)19(31)9-16)25(38)21(11-36)41-28(26)27(24(37)15-6-7-42-13-15)40-12-14-2-4-17(29)5-3-14/h2-10,13,21,23,25-28,36,38H,11-12H2,1H3/t21?,23-,25-,26?,27+,28+/m0/s1/i1D3. The molecule has 0 bridgehead atoms. The molecule has 5 rings (SSSR count). The van der Waals surface area contributed by atoms with Crippen molar-refractivity contribution in [3.63, 3.8) is 0 Å². The summed E-state index contributed by atoms with van der Waals surface area (Å²) >= 11 is 4.59. The van der Waals surface area contributed by atoms with E-state index in [-0.39, 0.29) is 23.4 Å². The fourth-order valence-corrected chi connectivity index (χ4v) is 5.63. The van der Waals surface area contributed by atoms with Gasteiger partial charge in [-0.25, -0.2) is 17.9 Å². The number of hydrogen-bond donors (Lipinski definition) is 2. The number of benzene rings is 2. The number of aliphatic hydroxyl groups excluding tert-OH is 2. The highest BCUT2D eigenvalue weighted by atomic mass is 79.9. The van der Waals surface area contributed by atoms with Gasteiger partial charge in [-0.05, 0) is 41.3 Å². The van der Waals surface area contributed by atoms with Gasteiger partial charge in [0.15, 0.2) is 23.2 Å². The molecule has 42 heavy (non-hydrogen) atoms. The molecular weight excluding hydrogens is 643 g/mol. The van der Waals surface area contributed by atoms with Gasteiger partial charge in [-0.2, -0.15) is 11.3 Å². The van der Waals surface area contributed by atoms with Crippen LogP contribution < -0.4 is 0 Å². The van der Waals surface area contributed by atoms with Crippen LogP contribution in [0.2, 0.25) is 0 Å². The van der Waals surface area contributed by atoms with Gasteiger partial charge in [0.1, 0.15) is 42.3 Å². The first-order chi connectivity index (χ1) is 21.4. The maximum Gasteiger partial charge on any atom is 0.195 e. The number of aromatic nitrogens is 3. The molecule has 2 unspecified atom stereocenters. The van der Waals surface area contributed by atoms with E-state index in [1.807, 2.05) is 0 Å². The molecule has 1 fully saturated rings. The Morgan fingerprint density at radius 2 is 1.98 bits per heavy atom. The second-order valence-electron chi connectivity index (χ2n) is 9.46. The van der Waals surface area contributed by atoms with Gasteiger partial charge in [-0.3, -0.25) is 4.79 Å². The number of Topliss-reactive ketones (excluding diaryl/α,β-unsaturated/α-hetero) is 1. The van der Waals surface area contributed by atoms with Crippen LogP contribution in [0.25, 0.3) is 11.3 Å². The summed E-state index contributed by atoms with van der Waals surface area (Å²) in [5, 5.41) is 32.4. The fraction of sp³-hybridized carbons (Fsp3) is 0.321. The third-order valence-electron chi connectivity index (χ3n) is 6.84. The minimum absolute atomic E-state index is 0.111. The molecule has 0 aliphatic carbocycles. The van der Waals surface area contributed by atoms with E-state index in [1.165, 1.54) is 11.3 Å². The Morgan fingerprint density at radius 3 is 2.62 bits per heavy atom. The Hall–Kier alpha value is -2.98. The van der Waals surface area contributed by atoms with Crippen molar-refractivity contribution < 1.29 is 46.5 Å². The van der Waals surface area contributed by atoms with Crippen LogP contribution in [0.15, 0.2) is 63.9 Å². The highest BCUT2D eigenvalue weighted by molar-refractivity contribution is 9.10. The quantitative estimate of drug-likeness (QED) is 0.189. The molecule has 0 amide bonds. The highest BCUT2D eigenvalue weighted by Crippen LogP contribution is 2.36. The molecular formula is C28H25BrF3N3O6S. The predicted molar refractivity (Wildman–Crippen MR) is 148 cm³/mol. The van der Waals surface area contributed by atoms with Crippen LogP contribution in [0, 0.1) is 17.5 Å². The summed E-state index contributed by atoms with van der Waals surface area (Å²) in [7, 11) is -3.09. The number of hydrogen-bond acceptors (Lipinski definition) is 9. The summed E-state index contributed by atoms with van der Waals surface area (Å²) < 4.78 is 84.3. The summed E-state index contributed by atoms with van der Waals surface area (Å²) in [5.74, 6) is -5.23. The van der Waals surface area contributed by atoms with E-state index in [9.17, 15) is 28.2 Å². The summed E-state index contributed by atoms with van der Waals surface area (Å²) in [5.41, 5.74) is 0.545. The minimum Gasteiger partial charge on any atom is -0.394 e. The number of nitrogens with zero attached hydrogens (tertiary/aromatic N) is 3. The van der Waals surface area contributed by atoms with Gasteiger partial charge in [0, 0.05) is 28.0 Å². The maximum atomic E-state index is 14.0. The predicted octanol–water partition coefficient (Wildman–Crippen LogP) is 4.33. The van der Waals surface area contributed by atoms with E-state index in [0.717, 1.165) is 15.4 Å². The van der Waals surface area contributed by atoms with Crippen LogP contribution in [0.1, 0.15) is 26.1 Å². The highest BCUT2D eigenvalue weighted by Gasteiger charge is 2.51. The van der Waals surface area contributed by atoms with Crippen molar-refractivity contribution >= 4 is 33.0 Å². The Balaban J connectivity index is 1.57. The number of rotatable bonds is 10. The van der Waals surface area contributed by atoms with E-state index in [0.29, 0.717) is 17.7 Å². The van der Waals surface area contributed by atoms with Crippen LogP contribution in [0.3, 0.4) is 0 Å². The largest absolute Gasteiger partial charge is 0.394 e. The first-order valence-corrected chi connectivity index (χ1v) is 14.2. The van der Waals surface area contributed by atoms with Crippen LogP contribution in [-0.4, -0.2) is 75.2 Å².